The summed E-state index contributed by atoms with van der Waals surface area (Å²) in [6.45, 7) is 0. The molecule has 0 aliphatic heterocycles. The van der Waals surface area contributed by atoms with E-state index < -0.39 is 21.5 Å². The fraction of sp³-hybridized carbons (Fsp3) is 0.222. The third-order valence-electron chi connectivity index (χ3n) is 2.11. The molecule has 0 saturated carbocycles. The van der Waals surface area contributed by atoms with Gasteiger partial charge in [0.05, 0.1) is 11.3 Å². The molecule has 1 aromatic rings. The standard InChI is InChI=1S/C9H8F3NO4S/c1-13(18(16,17)9(10,11)12)7-4-2-3-6(5-7)8(14)15/h2-5H,1H3,(H,14,15). The number of sulfonamides is 1. The summed E-state index contributed by atoms with van der Waals surface area (Å²) < 4.78 is 59.0. The third-order valence-corrected chi connectivity index (χ3v) is 3.63. The zero-order chi connectivity index (χ0) is 14.1. The minimum atomic E-state index is -5.53. The number of rotatable bonds is 3. The summed E-state index contributed by atoms with van der Waals surface area (Å²) in [5.41, 5.74) is -6.13. The highest BCUT2D eigenvalue weighted by Gasteiger charge is 2.49. The summed E-state index contributed by atoms with van der Waals surface area (Å²) in [5, 5.41) is 8.66. The second-order valence-electron chi connectivity index (χ2n) is 3.27. The van der Waals surface area contributed by atoms with Crippen molar-refractivity contribution >= 4 is 21.7 Å². The molecule has 0 heterocycles. The summed E-state index contributed by atoms with van der Waals surface area (Å²) >= 11 is 0. The minimum Gasteiger partial charge on any atom is -0.478 e. The van der Waals surface area contributed by atoms with E-state index in [0.717, 1.165) is 24.3 Å². The number of carboxylic acid groups (broad SMARTS) is 1. The zero-order valence-electron chi connectivity index (χ0n) is 8.97. The van der Waals surface area contributed by atoms with Gasteiger partial charge in [-0.15, -0.1) is 0 Å². The van der Waals surface area contributed by atoms with E-state index in [1.165, 1.54) is 0 Å². The molecule has 9 heteroatoms. The summed E-state index contributed by atoms with van der Waals surface area (Å²) in [6, 6.07) is 4.20. The van der Waals surface area contributed by atoms with Crippen LogP contribution in [-0.4, -0.2) is 32.0 Å². The quantitative estimate of drug-likeness (QED) is 0.915. The number of halogens is 3. The number of aromatic carboxylic acids is 1. The Morgan fingerprint density at radius 1 is 1.33 bits per heavy atom. The van der Waals surface area contributed by atoms with Crippen LogP contribution in [0.15, 0.2) is 24.3 Å². The first-order chi connectivity index (χ1) is 8.07. The molecule has 0 aliphatic rings. The van der Waals surface area contributed by atoms with Gasteiger partial charge in [0.15, 0.2) is 0 Å². The topological polar surface area (TPSA) is 74.7 Å². The molecular formula is C9H8F3NO4S. The second-order valence-corrected chi connectivity index (χ2v) is 5.23. The Labute approximate surface area is 100 Å². The Kier molecular flexibility index (Phi) is 3.56. The van der Waals surface area contributed by atoms with Crippen molar-refractivity contribution in [2.75, 3.05) is 11.4 Å². The van der Waals surface area contributed by atoms with Crippen LogP contribution in [0.4, 0.5) is 18.9 Å². The van der Waals surface area contributed by atoms with E-state index >= 15 is 0 Å². The molecule has 0 aliphatic carbocycles. The lowest BCUT2D eigenvalue weighted by atomic mass is 10.2. The molecule has 0 aromatic heterocycles. The van der Waals surface area contributed by atoms with Crippen LogP contribution in [-0.2, 0) is 10.0 Å². The van der Waals surface area contributed by atoms with Gasteiger partial charge in [-0.3, -0.25) is 4.31 Å². The van der Waals surface area contributed by atoms with Gasteiger partial charge in [-0.1, -0.05) is 6.07 Å². The van der Waals surface area contributed by atoms with E-state index in [9.17, 15) is 26.4 Å². The van der Waals surface area contributed by atoms with Gasteiger partial charge in [0.25, 0.3) is 0 Å². The van der Waals surface area contributed by atoms with E-state index in [2.05, 4.69) is 0 Å². The Morgan fingerprint density at radius 3 is 2.33 bits per heavy atom. The lowest BCUT2D eigenvalue weighted by molar-refractivity contribution is -0.0437. The molecule has 0 amide bonds. The molecule has 0 spiro atoms. The molecule has 1 aromatic carbocycles. The maximum atomic E-state index is 12.3. The van der Waals surface area contributed by atoms with Gasteiger partial charge in [-0.05, 0) is 18.2 Å². The van der Waals surface area contributed by atoms with Gasteiger partial charge in [-0.25, -0.2) is 4.79 Å². The molecule has 5 nitrogen and oxygen atoms in total. The van der Waals surface area contributed by atoms with Gasteiger partial charge in [0.2, 0.25) is 0 Å². The number of alkyl halides is 3. The van der Waals surface area contributed by atoms with E-state index in [0.29, 0.717) is 7.05 Å². The number of anilines is 1. The average Bonchev–Trinajstić information content (AvgIpc) is 2.26. The zero-order valence-corrected chi connectivity index (χ0v) is 9.79. The van der Waals surface area contributed by atoms with Gasteiger partial charge >= 0.3 is 21.5 Å². The number of benzene rings is 1. The van der Waals surface area contributed by atoms with Gasteiger partial charge < -0.3 is 5.11 Å². The summed E-state index contributed by atoms with van der Waals surface area (Å²) in [4.78, 5) is 10.6. The van der Waals surface area contributed by atoms with Crippen LogP contribution in [0.25, 0.3) is 0 Å². The predicted octanol–water partition coefficient (Wildman–Crippen LogP) is 1.67. The monoisotopic (exact) mass is 283 g/mol. The molecule has 100 valence electrons. The lowest BCUT2D eigenvalue weighted by Crippen LogP contribution is -2.38. The highest BCUT2D eigenvalue weighted by molar-refractivity contribution is 7.93. The van der Waals surface area contributed by atoms with Crippen LogP contribution < -0.4 is 4.31 Å². The van der Waals surface area contributed by atoms with Crippen LogP contribution in [0.5, 0.6) is 0 Å². The van der Waals surface area contributed by atoms with Crippen molar-refractivity contribution in [2.24, 2.45) is 0 Å². The van der Waals surface area contributed by atoms with Crippen molar-refractivity contribution in [3.05, 3.63) is 29.8 Å². The smallest absolute Gasteiger partial charge is 0.478 e. The first-order valence-electron chi connectivity index (χ1n) is 4.46. The molecule has 0 unspecified atom stereocenters. The molecule has 18 heavy (non-hydrogen) atoms. The van der Waals surface area contributed by atoms with Crippen molar-refractivity contribution in [3.8, 4) is 0 Å². The maximum Gasteiger partial charge on any atom is 0.516 e. The van der Waals surface area contributed by atoms with Crippen LogP contribution in [0, 0.1) is 0 Å². The Bertz CT molecular complexity index is 567. The van der Waals surface area contributed by atoms with Gasteiger partial charge in [-0.2, -0.15) is 21.6 Å². The minimum absolute atomic E-state index is 0.0144. The summed E-state index contributed by atoms with van der Waals surface area (Å²) in [6.07, 6.45) is 0. The van der Waals surface area contributed by atoms with Crippen molar-refractivity contribution in [1.82, 2.24) is 0 Å². The van der Waals surface area contributed by atoms with Crippen LogP contribution in [0.3, 0.4) is 0 Å². The first-order valence-corrected chi connectivity index (χ1v) is 5.90. The largest absolute Gasteiger partial charge is 0.516 e. The molecule has 1 N–H and O–H groups in total. The Morgan fingerprint density at radius 2 is 1.89 bits per heavy atom. The number of nitrogens with zero attached hydrogens (tertiary/aromatic N) is 1. The van der Waals surface area contributed by atoms with Crippen molar-refractivity contribution in [2.45, 2.75) is 5.51 Å². The molecule has 0 radical (unpaired) electrons. The summed E-state index contributed by atoms with van der Waals surface area (Å²) in [7, 11) is -4.83. The fourth-order valence-corrected chi connectivity index (χ4v) is 1.83. The van der Waals surface area contributed by atoms with E-state index in [1.807, 2.05) is 0 Å². The Hall–Kier alpha value is -1.77. The van der Waals surface area contributed by atoms with Gasteiger partial charge in [0, 0.05) is 7.05 Å². The van der Waals surface area contributed by atoms with E-state index in [-0.39, 0.29) is 15.6 Å². The SMILES string of the molecule is CN(c1cccc(C(=O)O)c1)S(=O)(=O)C(F)(F)F. The molecule has 1 rings (SSSR count). The molecule has 0 atom stereocenters. The summed E-state index contributed by atoms with van der Waals surface area (Å²) in [5.74, 6) is -1.37. The molecular weight excluding hydrogens is 275 g/mol. The lowest BCUT2D eigenvalue weighted by Gasteiger charge is -2.20. The average molecular weight is 283 g/mol. The second kappa shape index (κ2) is 4.48. The van der Waals surface area contributed by atoms with Crippen LogP contribution in [0.1, 0.15) is 10.4 Å². The molecule has 0 saturated heterocycles. The fourth-order valence-electron chi connectivity index (χ4n) is 1.13. The van der Waals surface area contributed by atoms with Crippen molar-refractivity contribution in [1.29, 1.82) is 0 Å². The number of carboxylic acids is 1. The maximum absolute atomic E-state index is 12.3. The van der Waals surface area contributed by atoms with Crippen LogP contribution in [0.2, 0.25) is 0 Å². The predicted molar refractivity (Wildman–Crippen MR) is 56.8 cm³/mol. The van der Waals surface area contributed by atoms with Crippen molar-refractivity contribution < 1.29 is 31.5 Å². The number of hydrogen-bond acceptors (Lipinski definition) is 3. The third kappa shape index (κ3) is 2.55. The van der Waals surface area contributed by atoms with Crippen LogP contribution >= 0.6 is 0 Å². The first kappa shape index (κ1) is 14.3. The molecule has 0 fully saturated rings. The number of carbonyl (C=O) groups is 1. The van der Waals surface area contributed by atoms with E-state index in [4.69, 9.17) is 5.11 Å². The highest BCUT2D eigenvalue weighted by atomic mass is 32.2. The van der Waals surface area contributed by atoms with Crippen molar-refractivity contribution in [3.63, 3.8) is 0 Å². The molecule has 0 bridgehead atoms. The van der Waals surface area contributed by atoms with E-state index in [1.54, 1.807) is 0 Å². The number of hydrogen-bond donors (Lipinski definition) is 1. The highest BCUT2D eigenvalue weighted by Crippen LogP contribution is 2.29. The van der Waals surface area contributed by atoms with Gasteiger partial charge in [0.1, 0.15) is 0 Å². The Balaban J connectivity index is 3.24. The normalized spacial score (nSPS) is 12.2.